The molecule has 2 N–H and O–H groups in total. The first-order chi connectivity index (χ1) is 15.2. The minimum absolute atomic E-state index is 0.636. The second kappa shape index (κ2) is 6.86. The summed E-state index contributed by atoms with van der Waals surface area (Å²) in [6.45, 7) is 0. The van der Waals surface area contributed by atoms with E-state index >= 15 is 0 Å². The van der Waals surface area contributed by atoms with Crippen LogP contribution in [0.25, 0.3) is 33.7 Å². The van der Waals surface area contributed by atoms with E-state index in [0.29, 0.717) is 5.82 Å². The molecule has 2 aromatic carbocycles. The molecule has 0 unspecified atom stereocenters. The fourth-order valence-corrected chi connectivity index (χ4v) is 3.65. The zero-order valence-electron chi connectivity index (χ0n) is 16.3. The first-order valence-corrected chi connectivity index (χ1v) is 9.80. The highest BCUT2D eigenvalue weighted by atomic mass is 16.5. The standard InChI is InChI=1S/C24H16N6O/c31-30-11-8-15(9-12-30)23-26-18-6-4-16(13-21(18)28-23)17-5-7-19-22(14-17)29-24(27-19)20-3-1-2-10-25-20/h1-14,31H,(H,27,29). The largest absolute Gasteiger partial charge is 0.337 e. The van der Waals surface area contributed by atoms with Gasteiger partial charge in [0.2, 0.25) is 0 Å². The fraction of sp³-hybridized carbons (Fsp3) is 0. The summed E-state index contributed by atoms with van der Waals surface area (Å²) >= 11 is 0. The van der Waals surface area contributed by atoms with E-state index in [9.17, 15) is 5.21 Å². The first kappa shape index (κ1) is 17.5. The number of benzene rings is 2. The van der Waals surface area contributed by atoms with Gasteiger partial charge in [0.1, 0.15) is 5.69 Å². The Morgan fingerprint density at radius 1 is 0.839 bits per heavy atom. The van der Waals surface area contributed by atoms with Gasteiger partial charge in [0.05, 0.1) is 21.7 Å². The van der Waals surface area contributed by atoms with Crippen molar-refractivity contribution in [3.05, 3.63) is 107 Å². The summed E-state index contributed by atoms with van der Waals surface area (Å²) in [6, 6.07) is 18.0. The number of fused-ring (bicyclic) bond motifs is 2. The van der Waals surface area contributed by atoms with Crippen LogP contribution >= 0.6 is 0 Å². The molecule has 0 bridgehead atoms. The number of allylic oxidation sites excluding steroid dienone is 3. The van der Waals surface area contributed by atoms with Crippen molar-refractivity contribution in [2.24, 2.45) is 9.98 Å². The van der Waals surface area contributed by atoms with Crippen LogP contribution < -0.4 is 10.7 Å². The van der Waals surface area contributed by atoms with E-state index in [1.54, 1.807) is 30.7 Å². The quantitative estimate of drug-likeness (QED) is 0.535. The van der Waals surface area contributed by atoms with Crippen LogP contribution in [0, 0.1) is 0 Å². The van der Waals surface area contributed by atoms with Crippen LogP contribution in [0.5, 0.6) is 0 Å². The SMILES string of the molecule is ON1C=CC(=C2N=c3ccc(-c4ccc5nc(-c6ccccn6)[nH]c5c4)cc3=N2)C=C1. The molecule has 0 amide bonds. The van der Waals surface area contributed by atoms with Crippen molar-refractivity contribution in [2.45, 2.75) is 0 Å². The molecule has 2 aliphatic rings. The molecule has 4 heterocycles. The van der Waals surface area contributed by atoms with Crippen molar-refractivity contribution in [2.75, 3.05) is 0 Å². The van der Waals surface area contributed by atoms with Gasteiger partial charge in [-0.15, -0.1) is 0 Å². The van der Waals surface area contributed by atoms with Crippen LogP contribution in [0.4, 0.5) is 0 Å². The van der Waals surface area contributed by atoms with Crippen molar-refractivity contribution in [1.29, 1.82) is 0 Å². The van der Waals surface area contributed by atoms with E-state index in [1.807, 2.05) is 42.5 Å². The smallest absolute Gasteiger partial charge is 0.160 e. The van der Waals surface area contributed by atoms with Gasteiger partial charge < -0.3 is 4.98 Å². The van der Waals surface area contributed by atoms with Gasteiger partial charge in [0.25, 0.3) is 0 Å². The maximum atomic E-state index is 9.41. The van der Waals surface area contributed by atoms with Gasteiger partial charge in [0, 0.05) is 24.2 Å². The topological polar surface area (TPSA) is 89.8 Å². The highest BCUT2D eigenvalue weighted by molar-refractivity contribution is 5.84. The van der Waals surface area contributed by atoms with Crippen molar-refractivity contribution in [3.63, 3.8) is 0 Å². The predicted octanol–water partition coefficient (Wildman–Crippen LogP) is 3.49. The molecule has 7 heteroatoms. The number of aromatic amines is 1. The molecule has 31 heavy (non-hydrogen) atoms. The summed E-state index contributed by atoms with van der Waals surface area (Å²) in [5.41, 5.74) is 5.63. The highest BCUT2D eigenvalue weighted by Gasteiger charge is 2.11. The second-order valence-electron chi connectivity index (χ2n) is 7.25. The van der Waals surface area contributed by atoms with Crippen molar-refractivity contribution in [3.8, 4) is 22.6 Å². The number of hydroxylamine groups is 2. The minimum Gasteiger partial charge on any atom is -0.337 e. The van der Waals surface area contributed by atoms with E-state index < -0.39 is 0 Å². The van der Waals surface area contributed by atoms with E-state index in [0.717, 1.165) is 55.0 Å². The maximum Gasteiger partial charge on any atom is 0.160 e. The number of rotatable bonds is 2. The monoisotopic (exact) mass is 404 g/mol. The molecule has 0 aliphatic carbocycles. The Labute approximate surface area is 176 Å². The Morgan fingerprint density at radius 3 is 2.48 bits per heavy atom. The molecule has 0 saturated heterocycles. The molecule has 4 aromatic rings. The summed E-state index contributed by atoms with van der Waals surface area (Å²) in [5, 5.41) is 12.1. The number of hydrogen-bond donors (Lipinski definition) is 2. The molecule has 7 nitrogen and oxygen atoms in total. The summed E-state index contributed by atoms with van der Waals surface area (Å²) in [6.07, 6.45) is 8.43. The number of pyridine rings is 1. The molecule has 0 radical (unpaired) electrons. The molecule has 6 rings (SSSR count). The Hall–Kier alpha value is -4.36. The van der Waals surface area contributed by atoms with Gasteiger partial charge in [-0.2, -0.15) is 0 Å². The zero-order valence-corrected chi connectivity index (χ0v) is 16.3. The third kappa shape index (κ3) is 3.13. The zero-order chi connectivity index (χ0) is 20.8. The Morgan fingerprint density at radius 2 is 1.65 bits per heavy atom. The minimum atomic E-state index is 0.636. The summed E-state index contributed by atoms with van der Waals surface area (Å²) in [5.74, 6) is 1.39. The van der Waals surface area contributed by atoms with Gasteiger partial charge in [0.15, 0.2) is 11.6 Å². The number of nitrogens with one attached hydrogen (secondary N) is 1. The number of imidazole rings is 1. The lowest BCUT2D eigenvalue weighted by molar-refractivity contribution is 0.0105. The molecular weight excluding hydrogens is 388 g/mol. The molecule has 0 atom stereocenters. The van der Waals surface area contributed by atoms with E-state index in [1.165, 1.54) is 0 Å². The van der Waals surface area contributed by atoms with Crippen LogP contribution in [0.3, 0.4) is 0 Å². The van der Waals surface area contributed by atoms with Gasteiger partial charge in [-0.1, -0.05) is 18.2 Å². The molecule has 0 saturated carbocycles. The van der Waals surface area contributed by atoms with Crippen molar-refractivity contribution < 1.29 is 5.21 Å². The Kier molecular flexibility index (Phi) is 3.87. The second-order valence-corrected chi connectivity index (χ2v) is 7.25. The average molecular weight is 404 g/mol. The lowest BCUT2D eigenvalue weighted by atomic mass is 10.0. The molecule has 0 spiro atoms. The fourth-order valence-electron chi connectivity index (χ4n) is 3.65. The van der Waals surface area contributed by atoms with Crippen LogP contribution in [-0.4, -0.2) is 25.2 Å². The number of nitrogens with zero attached hydrogens (tertiary/aromatic N) is 5. The lowest BCUT2D eigenvalue weighted by Crippen LogP contribution is -2.20. The number of hydrogen-bond acceptors (Lipinski definition) is 6. The maximum absolute atomic E-state index is 9.41. The summed E-state index contributed by atoms with van der Waals surface area (Å²) < 4.78 is 0. The Bertz CT molecular complexity index is 1530. The van der Waals surface area contributed by atoms with Gasteiger partial charge >= 0.3 is 0 Å². The van der Waals surface area contributed by atoms with E-state index in [2.05, 4.69) is 37.1 Å². The third-order valence-corrected chi connectivity index (χ3v) is 5.22. The Balaban J connectivity index is 1.39. The normalized spacial score (nSPS) is 14.7. The van der Waals surface area contributed by atoms with Crippen LogP contribution in [-0.2, 0) is 0 Å². The average Bonchev–Trinajstić information content (AvgIpc) is 3.43. The van der Waals surface area contributed by atoms with Crippen LogP contribution in [0.15, 0.2) is 107 Å². The number of H-pyrrole nitrogens is 1. The van der Waals surface area contributed by atoms with Gasteiger partial charge in [-0.25, -0.2) is 20.0 Å². The van der Waals surface area contributed by atoms with Crippen LogP contribution in [0.1, 0.15) is 0 Å². The van der Waals surface area contributed by atoms with Crippen molar-refractivity contribution in [1.82, 2.24) is 20.0 Å². The molecular formula is C24H16N6O. The van der Waals surface area contributed by atoms with Crippen molar-refractivity contribution >= 4 is 11.0 Å². The van der Waals surface area contributed by atoms with Crippen LogP contribution in [0.2, 0.25) is 0 Å². The molecule has 0 fully saturated rings. The molecule has 148 valence electrons. The number of aromatic nitrogens is 3. The first-order valence-electron chi connectivity index (χ1n) is 9.80. The van der Waals surface area contributed by atoms with E-state index in [-0.39, 0.29) is 0 Å². The molecule has 2 aromatic heterocycles. The van der Waals surface area contributed by atoms with Gasteiger partial charge in [-0.05, 0) is 59.7 Å². The predicted molar refractivity (Wildman–Crippen MR) is 116 cm³/mol. The molecule has 2 aliphatic heterocycles. The summed E-state index contributed by atoms with van der Waals surface area (Å²) in [4.78, 5) is 21.7. The van der Waals surface area contributed by atoms with E-state index in [4.69, 9.17) is 0 Å². The third-order valence-electron chi connectivity index (χ3n) is 5.22. The highest BCUT2D eigenvalue weighted by Crippen LogP contribution is 2.25. The summed E-state index contributed by atoms with van der Waals surface area (Å²) in [7, 11) is 0. The van der Waals surface area contributed by atoms with Gasteiger partial charge in [-0.3, -0.25) is 10.2 Å². The lowest BCUT2D eigenvalue weighted by Gasteiger charge is -2.09.